The summed E-state index contributed by atoms with van der Waals surface area (Å²) in [5, 5.41) is 0. The zero-order chi connectivity index (χ0) is 17.4. The Labute approximate surface area is 146 Å². The molecule has 2 aromatic rings. The summed E-state index contributed by atoms with van der Waals surface area (Å²) in [5.74, 6) is 2.99. The first-order chi connectivity index (χ1) is 11.6. The Morgan fingerprint density at radius 2 is 1.08 bits per heavy atom. The van der Waals surface area contributed by atoms with Crippen LogP contribution in [0.15, 0.2) is 48.5 Å². The van der Waals surface area contributed by atoms with Crippen molar-refractivity contribution >= 4 is 0 Å². The quantitative estimate of drug-likeness (QED) is 0.513. The van der Waals surface area contributed by atoms with E-state index in [1.165, 1.54) is 11.1 Å². The second-order valence-electron chi connectivity index (χ2n) is 6.86. The van der Waals surface area contributed by atoms with Gasteiger partial charge in [-0.15, -0.1) is 0 Å². The molecule has 0 saturated carbocycles. The monoisotopic (exact) mass is 326 g/mol. The van der Waals surface area contributed by atoms with Gasteiger partial charge in [0.2, 0.25) is 0 Å². The van der Waals surface area contributed by atoms with Crippen LogP contribution in [0.5, 0.6) is 11.5 Å². The van der Waals surface area contributed by atoms with Gasteiger partial charge in [-0.25, -0.2) is 0 Å². The van der Waals surface area contributed by atoms with Gasteiger partial charge in [0.1, 0.15) is 11.5 Å². The van der Waals surface area contributed by atoms with E-state index >= 15 is 0 Å². The maximum absolute atomic E-state index is 5.84. The average Bonchev–Trinajstić information content (AvgIpc) is 2.58. The molecule has 0 amide bonds. The van der Waals surface area contributed by atoms with Crippen molar-refractivity contribution in [2.24, 2.45) is 0 Å². The second kappa shape index (κ2) is 9.36. The topological polar surface area (TPSA) is 18.5 Å². The first-order valence-corrected chi connectivity index (χ1v) is 9.02. The van der Waals surface area contributed by atoms with Gasteiger partial charge in [0.25, 0.3) is 0 Å². The molecule has 0 N–H and O–H groups in total. The summed E-state index contributed by atoms with van der Waals surface area (Å²) < 4.78 is 11.7. The van der Waals surface area contributed by atoms with Crippen LogP contribution in [0, 0.1) is 0 Å². The zero-order valence-corrected chi connectivity index (χ0v) is 15.4. The van der Waals surface area contributed by atoms with E-state index in [2.05, 4.69) is 64.1 Å². The molecule has 0 spiro atoms. The summed E-state index contributed by atoms with van der Waals surface area (Å²) in [4.78, 5) is 0. The van der Waals surface area contributed by atoms with Crippen molar-refractivity contribution in [2.75, 3.05) is 13.2 Å². The fourth-order valence-corrected chi connectivity index (χ4v) is 2.51. The van der Waals surface area contributed by atoms with Crippen LogP contribution in [0.3, 0.4) is 0 Å². The summed E-state index contributed by atoms with van der Waals surface area (Å²) >= 11 is 0. The third kappa shape index (κ3) is 5.92. The number of rotatable bonds is 9. The summed E-state index contributed by atoms with van der Waals surface area (Å²) in [5.41, 5.74) is 2.64. The number of unbranched alkanes of at least 4 members (excludes halogenated alkanes) is 1. The van der Waals surface area contributed by atoms with Crippen LogP contribution in [0.2, 0.25) is 0 Å². The van der Waals surface area contributed by atoms with E-state index in [1.54, 1.807) is 0 Å². The van der Waals surface area contributed by atoms with Gasteiger partial charge in [-0.3, -0.25) is 0 Å². The molecule has 0 unspecified atom stereocenters. The Balaban J connectivity index is 1.67. The minimum atomic E-state index is 0.531. The van der Waals surface area contributed by atoms with Crippen molar-refractivity contribution in [1.29, 1.82) is 0 Å². The van der Waals surface area contributed by atoms with Gasteiger partial charge >= 0.3 is 0 Å². The van der Waals surface area contributed by atoms with Gasteiger partial charge in [-0.1, -0.05) is 52.0 Å². The van der Waals surface area contributed by atoms with Crippen molar-refractivity contribution in [1.82, 2.24) is 0 Å². The van der Waals surface area contributed by atoms with E-state index in [0.29, 0.717) is 11.8 Å². The molecule has 0 aliphatic carbocycles. The fraction of sp³-hybridized carbons (Fsp3) is 0.455. The van der Waals surface area contributed by atoms with E-state index in [1.807, 2.05) is 12.1 Å². The maximum Gasteiger partial charge on any atom is 0.119 e. The van der Waals surface area contributed by atoms with Gasteiger partial charge in [0.15, 0.2) is 0 Å². The number of ether oxygens (including phenoxy) is 2. The lowest BCUT2D eigenvalue weighted by Gasteiger charge is -2.11. The predicted molar refractivity (Wildman–Crippen MR) is 101 cm³/mol. The Kier molecular flexibility index (Phi) is 7.17. The van der Waals surface area contributed by atoms with E-state index < -0.39 is 0 Å². The molecular weight excluding hydrogens is 296 g/mol. The highest BCUT2D eigenvalue weighted by Gasteiger charge is 2.02. The largest absolute Gasteiger partial charge is 0.494 e. The van der Waals surface area contributed by atoms with Crippen molar-refractivity contribution in [2.45, 2.75) is 52.4 Å². The third-order valence-electron chi connectivity index (χ3n) is 4.13. The molecule has 0 aromatic heterocycles. The first-order valence-electron chi connectivity index (χ1n) is 9.02. The first kappa shape index (κ1) is 18.4. The second-order valence-corrected chi connectivity index (χ2v) is 6.86. The van der Waals surface area contributed by atoms with Crippen molar-refractivity contribution in [3.8, 4) is 11.5 Å². The van der Waals surface area contributed by atoms with E-state index in [9.17, 15) is 0 Å². The summed E-state index contributed by atoms with van der Waals surface area (Å²) in [6, 6.07) is 16.8. The Bertz CT molecular complexity index is 561. The average molecular weight is 326 g/mol. The van der Waals surface area contributed by atoms with E-state index in [0.717, 1.165) is 37.6 Å². The molecule has 0 atom stereocenters. The molecule has 130 valence electrons. The molecule has 0 fully saturated rings. The molecule has 0 saturated heterocycles. The molecule has 0 aliphatic rings. The van der Waals surface area contributed by atoms with Gasteiger partial charge in [-0.05, 0) is 60.1 Å². The predicted octanol–water partition coefficient (Wildman–Crippen LogP) is 6.17. The van der Waals surface area contributed by atoms with Crippen LogP contribution in [-0.2, 0) is 0 Å². The maximum atomic E-state index is 5.84. The molecule has 2 aromatic carbocycles. The molecule has 0 heterocycles. The molecule has 24 heavy (non-hydrogen) atoms. The minimum absolute atomic E-state index is 0.531. The molecule has 2 nitrogen and oxygen atoms in total. The summed E-state index contributed by atoms with van der Waals surface area (Å²) in [7, 11) is 0. The standard InChI is InChI=1S/C22H30O2/c1-17(2)19-9-7-11-21(15-19)23-13-5-6-14-24-22-12-8-10-20(16-22)18(3)4/h7-12,15-18H,5-6,13-14H2,1-4H3. The highest BCUT2D eigenvalue weighted by atomic mass is 16.5. The highest BCUT2D eigenvalue weighted by molar-refractivity contribution is 5.31. The van der Waals surface area contributed by atoms with Gasteiger partial charge in [0, 0.05) is 0 Å². The molecular formula is C22H30O2. The molecule has 2 heteroatoms. The van der Waals surface area contributed by atoms with Gasteiger partial charge < -0.3 is 9.47 Å². The van der Waals surface area contributed by atoms with Crippen LogP contribution in [-0.4, -0.2) is 13.2 Å². The Morgan fingerprint density at radius 1 is 0.667 bits per heavy atom. The number of hydrogen-bond donors (Lipinski definition) is 0. The SMILES string of the molecule is CC(C)c1cccc(OCCCCOc2cccc(C(C)C)c2)c1. The summed E-state index contributed by atoms with van der Waals surface area (Å²) in [6.45, 7) is 10.3. The van der Waals surface area contributed by atoms with Crippen LogP contribution >= 0.6 is 0 Å². The lowest BCUT2D eigenvalue weighted by atomic mass is 10.0. The minimum Gasteiger partial charge on any atom is -0.494 e. The van der Waals surface area contributed by atoms with Crippen LogP contribution in [0.1, 0.15) is 63.5 Å². The summed E-state index contributed by atoms with van der Waals surface area (Å²) in [6.07, 6.45) is 1.99. The van der Waals surface area contributed by atoms with E-state index in [-0.39, 0.29) is 0 Å². The third-order valence-corrected chi connectivity index (χ3v) is 4.13. The fourth-order valence-electron chi connectivity index (χ4n) is 2.51. The van der Waals surface area contributed by atoms with Crippen molar-refractivity contribution < 1.29 is 9.47 Å². The van der Waals surface area contributed by atoms with Crippen molar-refractivity contribution in [3.63, 3.8) is 0 Å². The van der Waals surface area contributed by atoms with Gasteiger partial charge in [0.05, 0.1) is 13.2 Å². The lowest BCUT2D eigenvalue weighted by Crippen LogP contribution is -2.03. The zero-order valence-electron chi connectivity index (χ0n) is 15.4. The number of hydrogen-bond acceptors (Lipinski definition) is 2. The number of benzene rings is 2. The van der Waals surface area contributed by atoms with Crippen LogP contribution < -0.4 is 9.47 Å². The normalized spacial score (nSPS) is 11.1. The van der Waals surface area contributed by atoms with E-state index in [4.69, 9.17) is 9.47 Å². The van der Waals surface area contributed by atoms with Gasteiger partial charge in [-0.2, -0.15) is 0 Å². The van der Waals surface area contributed by atoms with Crippen molar-refractivity contribution in [3.05, 3.63) is 59.7 Å². The Hall–Kier alpha value is -1.96. The smallest absolute Gasteiger partial charge is 0.119 e. The highest BCUT2D eigenvalue weighted by Crippen LogP contribution is 2.21. The Morgan fingerprint density at radius 3 is 1.46 bits per heavy atom. The molecule has 0 radical (unpaired) electrons. The lowest BCUT2D eigenvalue weighted by molar-refractivity contribution is 0.266. The van der Waals surface area contributed by atoms with Crippen LogP contribution in [0.25, 0.3) is 0 Å². The molecule has 0 bridgehead atoms. The van der Waals surface area contributed by atoms with Crippen LogP contribution in [0.4, 0.5) is 0 Å². The molecule has 2 rings (SSSR count). The molecule has 0 aliphatic heterocycles.